The second-order valence-electron chi connectivity index (χ2n) is 3.37. The molecule has 1 saturated carbocycles. The Balaban J connectivity index is 2.36. The molecule has 1 aliphatic rings. The van der Waals surface area contributed by atoms with Gasteiger partial charge in [0.25, 0.3) is 0 Å². The number of rotatable bonds is 2. The monoisotopic (exact) mass is 177 g/mol. The molecule has 0 bridgehead atoms. The van der Waals surface area contributed by atoms with Crippen LogP contribution in [0.4, 0.5) is 0 Å². The first-order valence-electron chi connectivity index (χ1n) is 4.47. The number of hydrogen-bond acceptors (Lipinski definition) is 2. The number of hydrogen-bond donors (Lipinski definition) is 1. The lowest BCUT2D eigenvalue weighted by Crippen LogP contribution is -2.15. The second-order valence-corrected chi connectivity index (χ2v) is 3.37. The van der Waals surface area contributed by atoms with Crippen LogP contribution in [0.1, 0.15) is 41.2 Å². The van der Waals surface area contributed by atoms with Gasteiger partial charge in [0, 0.05) is 12.1 Å². The highest BCUT2D eigenvalue weighted by Gasteiger charge is 2.25. The van der Waals surface area contributed by atoms with E-state index in [1.807, 2.05) is 0 Å². The number of nitrogens with zero attached hydrogens (tertiary/aromatic N) is 1. The molecule has 1 aromatic rings. The summed E-state index contributed by atoms with van der Waals surface area (Å²) in [4.78, 5) is 15.0. The SMILES string of the molecule is O=C(O)c1cccnc1C1CCC1. The summed E-state index contributed by atoms with van der Waals surface area (Å²) < 4.78 is 0. The Hall–Kier alpha value is -1.38. The van der Waals surface area contributed by atoms with E-state index in [1.165, 1.54) is 6.42 Å². The van der Waals surface area contributed by atoms with Crippen LogP contribution >= 0.6 is 0 Å². The van der Waals surface area contributed by atoms with E-state index in [-0.39, 0.29) is 0 Å². The van der Waals surface area contributed by atoms with E-state index in [0.29, 0.717) is 11.5 Å². The third-order valence-electron chi connectivity index (χ3n) is 2.56. The minimum absolute atomic E-state index is 0.368. The average molecular weight is 177 g/mol. The summed E-state index contributed by atoms with van der Waals surface area (Å²) in [5.41, 5.74) is 1.13. The van der Waals surface area contributed by atoms with Crippen molar-refractivity contribution >= 4 is 5.97 Å². The van der Waals surface area contributed by atoms with Crippen LogP contribution in [0.3, 0.4) is 0 Å². The van der Waals surface area contributed by atoms with Crippen LogP contribution in [0.2, 0.25) is 0 Å². The first-order chi connectivity index (χ1) is 6.29. The molecule has 0 spiro atoms. The lowest BCUT2D eigenvalue weighted by molar-refractivity contribution is 0.0693. The highest BCUT2D eigenvalue weighted by atomic mass is 16.4. The maximum atomic E-state index is 10.8. The largest absolute Gasteiger partial charge is 0.478 e. The van der Waals surface area contributed by atoms with Crippen molar-refractivity contribution in [1.82, 2.24) is 4.98 Å². The average Bonchev–Trinajstić information content (AvgIpc) is 2.02. The Kier molecular flexibility index (Phi) is 2.00. The normalized spacial score (nSPS) is 16.6. The molecule has 1 fully saturated rings. The topological polar surface area (TPSA) is 50.2 Å². The first-order valence-corrected chi connectivity index (χ1v) is 4.47. The smallest absolute Gasteiger partial charge is 0.337 e. The molecule has 0 aromatic carbocycles. The maximum absolute atomic E-state index is 10.8. The van der Waals surface area contributed by atoms with Gasteiger partial charge in [-0.2, -0.15) is 0 Å². The molecule has 13 heavy (non-hydrogen) atoms. The van der Waals surface area contributed by atoms with Gasteiger partial charge in [-0.05, 0) is 25.0 Å². The number of aromatic nitrogens is 1. The Labute approximate surface area is 76.4 Å². The van der Waals surface area contributed by atoms with Crippen LogP contribution in [0, 0.1) is 0 Å². The third kappa shape index (κ3) is 1.41. The van der Waals surface area contributed by atoms with E-state index in [2.05, 4.69) is 4.98 Å². The number of carboxylic acids is 1. The summed E-state index contributed by atoms with van der Waals surface area (Å²) >= 11 is 0. The zero-order valence-corrected chi connectivity index (χ0v) is 7.23. The highest BCUT2D eigenvalue weighted by Crippen LogP contribution is 2.36. The molecule has 3 nitrogen and oxygen atoms in total. The van der Waals surface area contributed by atoms with Gasteiger partial charge in [-0.15, -0.1) is 0 Å². The molecule has 0 atom stereocenters. The van der Waals surface area contributed by atoms with E-state index in [0.717, 1.165) is 18.5 Å². The summed E-state index contributed by atoms with van der Waals surface area (Å²) in [6.07, 6.45) is 5.02. The van der Waals surface area contributed by atoms with E-state index in [1.54, 1.807) is 18.3 Å². The third-order valence-corrected chi connectivity index (χ3v) is 2.56. The van der Waals surface area contributed by atoms with Crippen molar-refractivity contribution in [3.63, 3.8) is 0 Å². The molecule has 1 aliphatic carbocycles. The molecule has 1 N–H and O–H groups in total. The molecule has 0 unspecified atom stereocenters. The number of carboxylic acid groups (broad SMARTS) is 1. The molecule has 2 rings (SSSR count). The van der Waals surface area contributed by atoms with Crippen LogP contribution < -0.4 is 0 Å². The van der Waals surface area contributed by atoms with Crippen LogP contribution in [0.25, 0.3) is 0 Å². The molecule has 0 saturated heterocycles. The molecule has 0 radical (unpaired) electrons. The quantitative estimate of drug-likeness (QED) is 0.752. The summed E-state index contributed by atoms with van der Waals surface area (Å²) in [5.74, 6) is -0.484. The van der Waals surface area contributed by atoms with Gasteiger partial charge < -0.3 is 5.11 Å². The van der Waals surface area contributed by atoms with E-state index in [9.17, 15) is 4.79 Å². The molecule has 0 amide bonds. The number of pyridine rings is 1. The van der Waals surface area contributed by atoms with Crippen LogP contribution in [0.5, 0.6) is 0 Å². The van der Waals surface area contributed by atoms with E-state index >= 15 is 0 Å². The van der Waals surface area contributed by atoms with Gasteiger partial charge >= 0.3 is 5.97 Å². The van der Waals surface area contributed by atoms with Gasteiger partial charge in [0.15, 0.2) is 0 Å². The minimum Gasteiger partial charge on any atom is -0.478 e. The number of carbonyl (C=O) groups is 1. The van der Waals surface area contributed by atoms with E-state index < -0.39 is 5.97 Å². The predicted molar refractivity (Wildman–Crippen MR) is 47.8 cm³/mol. The van der Waals surface area contributed by atoms with Gasteiger partial charge in [-0.1, -0.05) is 6.42 Å². The second kappa shape index (κ2) is 3.17. The Morgan fingerprint density at radius 1 is 1.54 bits per heavy atom. The summed E-state index contributed by atoms with van der Waals surface area (Å²) in [5, 5.41) is 8.89. The van der Waals surface area contributed by atoms with Gasteiger partial charge in [-0.25, -0.2) is 4.79 Å². The van der Waals surface area contributed by atoms with Crippen LogP contribution in [-0.2, 0) is 0 Å². The lowest BCUT2D eigenvalue weighted by Gasteiger charge is -2.25. The summed E-state index contributed by atoms with van der Waals surface area (Å²) in [7, 11) is 0. The molecule has 1 aromatic heterocycles. The summed E-state index contributed by atoms with van der Waals surface area (Å²) in [6, 6.07) is 3.30. The zero-order valence-electron chi connectivity index (χ0n) is 7.23. The van der Waals surface area contributed by atoms with Crippen LogP contribution in [-0.4, -0.2) is 16.1 Å². The molecule has 3 heteroatoms. The van der Waals surface area contributed by atoms with Crippen molar-refractivity contribution in [2.75, 3.05) is 0 Å². The fourth-order valence-electron chi connectivity index (χ4n) is 1.61. The van der Waals surface area contributed by atoms with Crippen molar-refractivity contribution in [2.45, 2.75) is 25.2 Å². The van der Waals surface area contributed by atoms with Crippen molar-refractivity contribution in [3.05, 3.63) is 29.6 Å². The lowest BCUT2D eigenvalue weighted by atomic mass is 9.81. The highest BCUT2D eigenvalue weighted by molar-refractivity contribution is 5.89. The minimum atomic E-state index is -0.866. The molecular weight excluding hydrogens is 166 g/mol. The predicted octanol–water partition coefficient (Wildman–Crippen LogP) is 2.05. The summed E-state index contributed by atoms with van der Waals surface area (Å²) in [6.45, 7) is 0. The van der Waals surface area contributed by atoms with Crippen molar-refractivity contribution < 1.29 is 9.90 Å². The first kappa shape index (κ1) is 8.23. The van der Waals surface area contributed by atoms with Crippen LogP contribution in [0.15, 0.2) is 18.3 Å². The number of aromatic carboxylic acids is 1. The fraction of sp³-hybridized carbons (Fsp3) is 0.400. The van der Waals surface area contributed by atoms with Gasteiger partial charge in [0.1, 0.15) is 0 Å². The Bertz CT molecular complexity index is 331. The van der Waals surface area contributed by atoms with E-state index in [4.69, 9.17) is 5.11 Å². The van der Waals surface area contributed by atoms with Gasteiger partial charge in [0.2, 0.25) is 0 Å². The zero-order chi connectivity index (χ0) is 9.26. The van der Waals surface area contributed by atoms with Crippen molar-refractivity contribution in [3.8, 4) is 0 Å². The Morgan fingerprint density at radius 3 is 2.85 bits per heavy atom. The van der Waals surface area contributed by atoms with Gasteiger partial charge in [0.05, 0.1) is 11.3 Å². The molecule has 68 valence electrons. The fourth-order valence-corrected chi connectivity index (χ4v) is 1.61. The van der Waals surface area contributed by atoms with Crippen molar-refractivity contribution in [2.24, 2.45) is 0 Å². The molecular formula is C10H11NO2. The standard InChI is InChI=1S/C10H11NO2/c12-10(13)8-5-2-6-11-9(8)7-3-1-4-7/h2,5-7H,1,3-4H2,(H,12,13). The molecule has 1 heterocycles. The Morgan fingerprint density at radius 2 is 2.31 bits per heavy atom. The van der Waals surface area contributed by atoms with Crippen molar-refractivity contribution in [1.29, 1.82) is 0 Å². The maximum Gasteiger partial charge on any atom is 0.337 e. The molecule has 0 aliphatic heterocycles. The van der Waals surface area contributed by atoms with Gasteiger partial charge in [-0.3, -0.25) is 4.98 Å².